The lowest BCUT2D eigenvalue weighted by molar-refractivity contribution is 0.340. The van der Waals surface area contributed by atoms with Crippen LogP contribution in [0, 0.1) is 0 Å². The summed E-state index contributed by atoms with van der Waals surface area (Å²) in [7, 11) is 0. The number of fused-ring (bicyclic) bond motifs is 3. The molecule has 0 spiro atoms. The van der Waals surface area contributed by atoms with Gasteiger partial charge in [-0.05, 0) is 104 Å². The minimum atomic E-state index is 0.759. The predicted molar refractivity (Wildman–Crippen MR) is 167 cm³/mol. The summed E-state index contributed by atoms with van der Waals surface area (Å²) in [6.45, 7) is 0. The largest absolute Gasteiger partial charge is 0.366 e. The van der Waals surface area contributed by atoms with Gasteiger partial charge >= 0.3 is 0 Å². The Hall–Kier alpha value is -1.96. The van der Waals surface area contributed by atoms with Crippen LogP contribution >= 0.6 is 0 Å². The number of anilines is 2. The van der Waals surface area contributed by atoms with E-state index >= 15 is 0 Å². The molecule has 5 aliphatic carbocycles. The Morgan fingerprint density at radius 1 is 0.385 bits per heavy atom. The molecule has 0 aromatic heterocycles. The lowest BCUT2D eigenvalue weighted by Crippen LogP contribution is -2.45. The van der Waals surface area contributed by atoms with Gasteiger partial charge in [-0.25, -0.2) is 0 Å². The first kappa shape index (κ1) is 26.0. The fourth-order valence-corrected chi connectivity index (χ4v) is 9.38. The van der Waals surface area contributed by atoms with E-state index in [4.69, 9.17) is 0 Å². The van der Waals surface area contributed by atoms with Crippen LogP contribution in [-0.4, -0.2) is 24.2 Å². The zero-order valence-corrected chi connectivity index (χ0v) is 24.5. The summed E-state index contributed by atoms with van der Waals surface area (Å²) >= 11 is 0. The fraction of sp³-hybridized carbons (Fsp3) is 0.676. The van der Waals surface area contributed by atoms with E-state index in [9.17, 15) is 0 Å². The van der Waals surface area contributed by atoms with Crippen LogP contribution in [0.15, 0.2) is 36.4 Å². The molecular formula is C37H52N2. The second-order valence-corrected chi connectivity index (χ2v) is 13.8. The average Bonchev–Trinajstić information content (AvgIpc) is 3.37. The van der Waals surface area contributed by atoms with Crippen molar-refractivity contribution in [3.05, 3.63) is 47.5 Å². The van der Waals surface area contributed by atoms with Crippen LogP contribution in [0.1, 0.15) is 140 Å². The van der Waals surface area contributed by atoms with Gasteiger partial charge in [0.15, 0.2) is 0 Å². The summed E-state index contributed by atoms with van der Waals surface area (Å²) in [6.07, 6.45) is 29.4. The summed E-state index contributed by atoms with van der Waals surface area (Å²) in [5.41, 5.74) is 9.25. The average molecular weight is 525 g/mol. The molecule has 2 aromatic rings. The van der Waals surface area contributed by atoms with Crippen molar-refractivity contribution in [3.8, 4) is 11.1 Å². The summed E-state index contributed by atoms with van der Waals surface area (Å²) in [5.74, 6) is 0. The standard InChI is InChI=1S/C37H52N2/c1-5-13-30(14-6-1)38(31-15-7-2-8-16-31)34-21-23-36-28(26-34)25-29-27-35(22-24-37(29)36)39(32-17-9-3-10-18-32)33-19-11-4-12-20-33/h21-24,26-27,30-33H,1-20,25H2. The maximum atomic E-state index is 2.93. The molecule has 5 aliphatic rings. The van der Waals surface area contributed by atoms with E-state index in [2.05, 4.69) is 46.2 Å². The maximum Gasteiger partial charge on any atom is 0.0374 e. The first-order valence-corrected chi connectivity index (χ1v) is 17.2. The van der Waals surface area contributed by atoms with E-state index in [0.29, 0.717) is 0 Å². The molecule has 0 bridgehead atoms. The summed E-state index contributed by atoms with van der Waals surface area (Å²) in [5, 5.41) is 0. The van der Waals surface area contributed by atoms with Crippen molar-refractivity contribution < 1.29 is 0 Å². The molecule has 0 atom stereocenters. The van der Waals surface area contributed by atoms with E-state index in [-0.39, 0.29) is 0 Å². The molecule has 0 unspecified atom stereocenters. The number of hydrogen-bond acceptors (Lipinski definition) is 2. The Morgan fingerprint density at radius 3 is 1.00 bits per heavy atom. The van der Waals surface area contributed by atoms with Crippen molar-refractivity contribution in [2.45, 2.75) is 159 Å². The van der Waals surface area contributed by atoms with Gasteiger partial charge in [0.2, 0.25) is 0 Å². The van der Waals surface area contributed by atoms with Crippen LogP contribution in [0.5, 0.6) is 0 Å². The number of rotatable bonds is 6. The summed E-state index contributed by atoms with van der Waals surface area (Å²) in [4.78, 5) is 5.86. The first-order valence-electron chi connectivity index (χ1n) is 17.2. The van der Waals surface area contributed by atoms with Crippen LogP contribution in [0.2, 0.25) is 0 Å². The zero-order valence-electron chi connectivity index (χ0n) is 24.5. The zero-order chi connectivity index (χ0) is 26.0. The molecule has 4 saturated carbocycles. The Morgan fingerprint density at radius 2 is 0.692 bits per heavy atom. The smallest absolute Gasteiger partial charge is 0.0374 e. The second kappa shape index (κ2) is 11.9. The number of nitrogens with zero attached hydrogens (tertiary/aromatic N) is 2. The van der Waals surface area contributed by atoms with Gasteiger partial charge < -0.3 is 9.80 Å². The van der Waals surface area contributed by atoms with Gasteiger partial charge in [0.25, 0.3) is 0 Å². The summed E-state index contributed by atoms with van der Waals surface area (Å²) < 4.78 is 0. The van der Waals surface area contributed by atoms with Gasteiger partial charge in [0.05, 0.1) is 0 Å². The molecule has 39 heavy (non-hydrogen) atoms. The van der Waals surface area contributed by atoms with Crippen molar-refractivity contribution in [3.63, 3.8) is 0 Å². The molecule has 2 nitrogen and oxygen atoms in total. The molecule has 2 heteroatoms. The van der Waals surface area contributed by atoms with Gasteiger partial charge in [-0.15, -0.1) is 0 Å². The minimum absolute atomic E-state index is 0.759. The molecular weight excluding hydrogens is 472 g/mol. The monoisotopic (exact) mass is 524 g/mol. The third-order valence-corrected chi connectivity index (χ3v) is 11.3. The van der Waals surface area contributed by atoms with E-state index in [1.807, 2.05) is 0 Å². The van der Waals surface area contributed by atoms with Crippen LogP contribution in [-0.2, 0) is 6.42 Å². The first-order chi connectivity index (χ1) is 19.3. The normalized spacial score (nSPS) is 23.4. The highest BCUT2D eigenvalue weighted by molar-refractivity contribution is 5.80. The van der Waals surface area contributed by atoms with Crippen LogP contribution < -0.4 is 9.80 Å². The van der Waals surface area contributed by atoms with E-state index < -0.39 is 0 Å². The highest BCUT2D eigenvalue weighted by atomic mass is 15.2. The molecule has 0 saturated heterocycles. The minimum Gasteiger partial charge on any atom is -0.366 e. The maximum absolute atomic E-state index is 2.93. The highest BCUT2D eigenvalue weighted by Crippen LogP contribution is 2.44. The molecule has 0 aliphatic heterocycles. The number of hydrogen-bond donors (Lipinski definition) is 0. The fourth-order valence-electron chi connectivity index (χ4n) is 9.38. The van der Waals surface area contributed by atoms with Gasteiger partial charge in [-0.1, -0.05) is 89.2 Å². The van der Waals surface area contributed by atoms with Gasteiger partial charge in [-0.2, -0.15) is 0 Å². The molecule has 0 N–H and O–H groups in total. The van der Waals surface area contributed by atoms with E-state index in [1.165, 1.54) is 151 Å². The van der Waals surface area contributed by atoms with E-state index in [1.54, 1.807) is 11.1 Å². The molecule has 0 heterocycles. The van der Waals surface area contributed by atoms with Crippen LogP contribution in [0.25, 0.3) is 11.1 Å². The van der Waals surface area contributed by atoms with Crippen molar-refractivity contribution in [2.24, 2.45) is 0 Å². The Bertz CT molecular complexity index is 973. The van der Waals surface area contributed by atoms with Gasteiger partial charge in [-0.3, -0.25) is 0 Å². The quantitative estimate of drug-likeness (QED) is 0.316. The van der Waals surface area contributed by atoms with Crippen molar-refractivity contribution >= 4 is 11.4 Å². The third kappa shape index (κ3) is 5.39. The van der Waals surface area contributed by atoms with Crippen molar-refractivity contribution in [1.29, 1.82) is 0 Å². The topological polar surface area (TPSA) is 6.48 Å². The third-order valence-electron chi connectivity index (χ3n) is 11.3. The Kier molecular flexibility index (Phi) is 7.91. The number of benzene rings is 2. The molecule has 7 rings (SSSR count). The second-order valence-electron chi connectivity index (χ2n) is 13.8. The Balaban J connectivity index is 1.17. The SMILES string of the molecule is c1cc2c(cc1N(C1CCCCC1)C1CCCCC1)Cc1cc(N(C3CCCCC3)C3CCCCC3)ccc1-2. The van der Waals surface area contributed by atoms with Crippen molar-refractivity contribution in [1.82, 2.24) is 0 Å². The molecule has 0 amide bonds. The van der Waals surface area contributed by atoms with Crippen LogP contribution in [0.3, 0.4) is 0 Å². The lowest BCUT2D eigenvalue weighted by atomic mass is 9.88. The van der Waals surface area contributed by atoms with E-state index in [0.717, 1.165) is 30.6 Å². The molecule has 210 valence electrons. The molecule has 4 fully saturated rings. The van der Waals surface area contributed by atoms with Crippen LogP contribution in [0.4, 0.5) is 11.4 Å². The summed E-state index contributed by atoms with van der Waals surface area (Å²) in [6, 6.07) is 18.3. The highest BCUT2D eigenvalue weighted by Gasteiger charge is 2.32. The predicted octanol–water partition coefficient (Wildman–Crippen LogP) is 10.2. The van der Waals surface area contributed by atoms with Crippen molar-refractivity contribution in [2.75, 3.05) is 9.80 Å². The van der Waals surface area contributed by atoms with Gasteiger partial charge in [0, 0.05) is 35.5 Å². The molecule has 0 radical (unpaired) electrons. The molecule has 2 aromatic carbocycles. The lowest BCUT2D eigenvalue weighted by Gasteiger charge is -2.43. The Labute approximate surface area is 238 Å². The van der Waals surface area contributed by atoms with Gasteiger partial charge in [0.1, 0.15) is 0 Å².